The Morgan fingerprint density at radius 1 is 0.905 bits per heavy atom. The van der Waals surface area contributed by atoms with Gasteiger partial charge in [-0.05, 0) is 0 Å². The van der Waals surface area contributed by atoms with Crippen molar-refractivity contribution in [3.05, 3.63) is 28.8 Å². The number of hydrogen-bond acceptors (Lipinski definition) is 5. The van der Waals surface area contributed by atoms with Crippen molar-refractivity contribution >= 4 is 17.5 Å². The molecular formula is C12H8F4O5. The van der Waals surface area contributed by atoms with Crippen LogP contribution in [-0.4, -0.2) is 31.8 Å². The van der Waals surface area contributed by atoms with Gasteiger partial charge in [0.1, 0.15) is 0 Å². The lowest BCUT2D eigenvalue weighted by Crippen LogP contribution is -2.21. The molecule has 1 rings (SSSR count). The number of rotatable bonds is 5. The number of Topliss-reactive ketones (excluding diaryl/α,β-unsaturated/α-hetero) is 2. The van der Waals surface area contributed by atoms with Crippen LogP contribution in [0.5, 0.6) is 5.75 Å². The van der Waals surface area contributed by atoms with Gasteiger partial charge >= 0.3 is 5.97 Å². The standard InChI is InChI=1S/C12H8F4O5/c1-20-11-9(15)7(13)6(8(14)10(11)16)4(17)3-5(18)12(19)21-2/h3H2,1-2H3. The SMILES string of the molecule is COC(=O)C(=O)CC(=O)c1c(F)c(F)c(OC)c(F)c1F. The van der Waals surface area contributed by atoms with Crippen LogP contribution in [0.4, 0.5) is 17.6 Å². The Morgan fingerprint density at radius 3 is 1.76 bits per heavy atom. The van der Waals surface area contributed by atoms with Gasteiger partial charge in [0, 0.05) is 0 Å². The number of ether oxygens (including phenoxy) is 2. The first-order chi connectivity index (χ1) is 9.76. The van der Waals surface area contributed by atoms with E-state index in [1.807, 2.05) is 0 Å². The molecule has 9 heteroatoms. The first kappa shape index (κ1) is 16.6. The Morgan fingerprint density at radius 2 is 1.38 bits per heavy atom. The van der Waals surface area contributed by atoms with Crippen molar-refractivity contribution in [2.24, 2.45) is 0 Å². The van der Waals surface area contributed by atoms with Crippen molar-refractivity contribution in [2.45, 2.75) is 6.42 Å². The molecule has 0 saturated heterocycles. The van der Waals surface area contributed by atoms with Gasteiger partial charge < -0.3 is 9.47 Å². The summed E-state index contributed by atoms with van der Waals surface area (Å²) in [4.78, 5) is 33.5. The largest absolute Gasteiger partial charge is 0.491 e. The average molecular weight is 308 g/mol. The van der Waals surface area contributed by atoms with Crippen LogP contribution in [0.3, 0.4) is 0 Å². The Hall–Kier alpha value is -2.45. The molecule has 0 amide bonds. The second-order valence-electron chi connectivity index (χ2n) is 3.68. The highest BCUT2D eigenvalue weighted by molar-refractivity contribution is 6.38. The monoisotopic (exact) mass is 308 g/mol. The highest BCUT2D eigenvalue weighted by atomic mass is 19.2. The van der Waals surface area contributed by atoms with Crippen molar-refractivity contribution in [3.63, 3.8) is 0 Å². The van der Waals surface area contributed by atoms with Gasteiger partial charge in [0.05, 0.1) is 26.2 Å². The molecule has 0 saturated carbocycles. The third kappa shape index (κ3) is 3.01. The van der Waals surface area contributed by atoms with Crippen LogP contribution in [0.1, 0.15) is 16.8 Å². The predicted octanol–water partition coefficient (Wildman–Crippen LogP) is 1.57. The average Bonchev–Trinajstić information content (AvgIpc) is 2.45. The zero-order chi connectivity index (χ0) is 16.3. The van der Waals surface area contributed by atoms with Crippen LogP contribution in [0.25, 0.3) is 0 Å². The van der Waals surface area contributed by atoms with Crippen molar-refractivity contribution in [1.82, 2.24) is 0 Å². The third-order valence-corrected chi connectivity index (χ3v) is 2.44. The van der Waals surface area contributed by atoms with Gasteiger partial charge in [-0.3, -0.25) is 9.59 Å². The molecule has 0 radical (unpaired) electrons. The van der Waals surface area contributed by atoms with Crippen LogP contribution in [-0.2, 0) is 14.3 Å². The van der Waals surface area contributed by atoms with Gasteiger partial charge in [-0.2, -0.15) is 8.78 Å². The topological polar surface area (TPSA) is 69.7 Å². The fourth-order valence-corrected chi connectivity index (χ4v) is 1.46. The zero-order valence-corrected chi connectivity index (χ0v) is 10.8. The quantitative estimate of drug-likeness (QED) is 0.206. The molecule has 0 spiro atoms. The van der Waals surface area contributed by atoms with Crippen molar-refractivity contribution in [2.75, 3.05) is 14.2 Å². The molecule has 0 fully saturated rings. The highest BCUT2D eigenvalue weighted by Gasteiger charge is 2.31. The van der Waals surface area contributed by atoms with E-state index in [4.69, 9.17) is 0 Å². The van der Waals surface area contributed by atoms with E-state index in [2.05, 4.69) is 9.47 Å². The molecule has 5 nitrogen and oxygen atoms in total. The maximum Gasteiger partial charge on any atom is 0.374 e. The maximum atomic E-state index is 13.6. The van der Waals surface area contributed by atoms with E-state index in [-0.39, 0.29) is 0 Å². The highest BCUT2D eigenvalue weighted by Crippen LogP contribution is 2.30. The van der Waals surface area contributed by atoms with E-state index in [0.29, 0.717) is 0 Å². The van der Waals surface area contributed by atoms with Crippen LogP contribution in [0.15, 0.2) is 0 Å². The Labute approximate surface area is 115 Å². The minimum atomic E-state index is -2.02. The number of benzene rings is 1. The lowest BCUT2D eigenvalue weighted by atomic mass is 10.0. The van der Waals surface area contributed by atoms with Gasteiger partial charge in [0.2, 0.25) is 17.4 Å². The Kier molecular flexibility index (Phi) is 5.01. The minimum absolute atomic E-state index is 0.767. The van der Waals surface area contributed by atoms with Gasteiger partial charge in [0.15, 0.2) is 23.2 Å². The van der Waals surface area contributed by atoms with Crippen molar-refractivity contribution < 1.29 is 41.4 Å². The minimum Gasteiger partial charge on any atom is -0.491 e. The Balaban J connectivity index is 3.29. The zero-order valence-electron chi connectivity index (χ0n) is 10.8. The molecule has 0 aliphatic heterocycles. The van der Waals surface area contributed by atoms with E-state index < -0.39 is 58.5 Å². The van der Waals surface area contributed by atoms with Crippen LogP contribution in [0.2, 0.25) is 0 Å². The Bertz CT molecular complexity index is 598. The van der Waals surface area contributed by atoms with E-state index in [1.165, 1.54) is 0 Å². The van der Waals surface area contributed by atoms with E-state index in [1.54, 1.807) is 0 Å². The number of ketones is 2. The fraction of sp³-hybridized carbons (Fsp3) is 0.250. The van der Waals surface area contributed by atoms with E-state index in [9.17, 15) is 31.9 Å². The number of carbonyl (C=O) groups is 3. The summed E-state index contributed by atoms with van der Waals surface area (Å²) >= 11 is 0. The van der Waals surface area contributed by atoms with Gasteiger partial charge in [-0.25, -0.2) is 13.6 Å². The molecule has 0 aliphatic carbocycles. The predicted molar refractivity (Wildman–Crippen MR) is 58.8 cm³/mol. The molecule has 21 heavy (non-hydrogen) atoms. The molecule has 0 atom stereocenters. The lowest BCUT2D eigenvalue weighted by molar-refractivity contribution is -0.151. The molecule has 0 heterocycles. The van der Waals surface area contributed by atoms with E-state index >= 15 is 0 Å². The lowest BCUT2D eigenvalue weighted by Gasteiger charge is -2.09. The number of esters is 1. The van der Waals surface area contributed by atoms with Crippen molar-refractivity contribution in [3.8, 4) is 5.75 Å². The summed E-state index contributed by atoms with van der Waals surface area (Å²) in [6, 6.07) is 0. The van der Waals surface area contributed by atoms with Gasteiger partial charge in [-0.1, -0.05) is 0 Å². The summed E-state index contributed by atoms with van der Waals surface area (Å²) in [5, 5.41) is 0. The normalized spacial score (nSPS) is 10.2. The van der Waals surface area contributed by atoms with Crippen LogP contribution >= 0.6 is 0 Å². The van der Waals surface area contributed by atoms with Gasteiger partial charge in [-0.15, -0.1) is 0 Å². The molecule has 1 aromatic rings. The first-order valence-electron chi connectivity index (χ1n) is 5.30. The second kappa shape index (κ2) is 6.33. The first-order valence-corrected chi connectivity index (χ1v) is 5.30. The third-order valence-electron chi connectivity index (χ3n) is 2.44. The molecule has 0 N–H and O–H groups in total. The number of halogens is 4. The number of methoxy groups -OCH3 is 2. The number of carbonyl (C=O) groups excluding carboxylic acids is 3. The summed E-state index contributed by atoms with van der Waals surface area (Å²) in [5.41, 5.74) is -1.61. The summed E-state index contributed by atoms with van der Waals surface area (Å²) in [5.74, 6) is -13.7. The maximum absolute atomic E-state index is 13.6. The van der Waals surface area contributed by atoms with Crippen LogP contribution in [0, 0.1) is 23.3 Å². The number of hydrogen-bond donors (Lipinski definition) is 0. The summed E-state index contributed by atoms with van der Waals surface area (Å²) in [6.45, 7) is 0. The van der Waals surface area contributed by atoms with Crippen LogP contribution < -0.4 is 4.74 Å². The second-order valence-corrected chi connectivity index (χ2v) is 3.68. The molecule has 1 aromatic carbocycles. The summed E-state index contributed by atoms with van der Waals surface area (Å²) in [6.07, 6.45) is -1.30. The molecule has 114 valence electrons. The fourth-order valence-electron chi connectivity index (χ4n) is 1.46. The molecule has 0 unspecified atom stereocenters. The molecule has 0 bridgehead atoms. The van der Waals surface area contributed by atoms with E-state index in [0.717, 1.165) is 14.2 Å². The summed E-state index contributed by atoms with van der Waals surface area (Å²) < 4.78 is 62.0. The summed E-state index contributed by atoms with van der Waals surface area (Å²) in [7, 11) is 1.61. The molecular weight excluding hydrogens is 300 g/mol. The smallest absolute Gasteiger partial charge is 0.374 e. The van der Waals surface area contributed by atoms with Crippen molar-refractivity contribution in [1.29, 1.82) is 0 Å². The van der Waals surface area contributed by atoms with Gasteiger partial charge in [0.25, 0.3) is 0 Å². The molecule has 0 aromatic heterocycles. The molecule has 0 aliphatic rings.